The van der Waals surface area contributed by atoms with Crippen LogP contribution < -0.4 is 16.4 Å². The number of nitrogens with one attached hydrogen (secondary N) is 2. The van der Waals surface area contributed by atoms with Crippen LogP contribution in [0.4, 0.5) is 9.18 Å². The minimum Gasteiger partial charge on any atom is -0.354 e. The highest BCUT2D eigenvalue weighted by molar-refractivity contribution is 5.86. The summed E-state index contributed by atoms with van der Waals surface area (Å²) in [5.74, 6) is -0.633. The van der Waals surface area contributed by atoms with E-state index < -0.39 is 12.1 Å². The summed E-state index contributed by atoms with van der Waals surface area (Å²) >= 11 is 0. The third kappa shape index (κ3) is 5.41. The molecule has 0 heterocycles. The Morgan fingerprint density at radius 2 is 2.00 bits per heavy atom. The highest BCUT2D eigenvalue weighted by Crippen LogP contribution is 2.09. The smallest absolute Gasteiger partial charge is 0.312 e. The van der Waals surface area contributed by atoms with Crippen LogP contribution >= 0.6 is 0 Å². The Bertz CT molecular complexity index is 494. The van der Waals surface area contributed by atoms with Gasteiger partial charge in [0, 0.05) is 6.54 Å². The van der Waals surface area contributed by atoms with Gasteiger partial charge in [-0.1, -0.05) is 38.5 Å². The number of urea groups is 1. The van der Waals surface area contributed by atoms with E-state index in [0.29, 0.717) is 18.5 Å². The molecular formula is C15H22FN3O2. The molecule has 0 aliphatic heterocycles. The number of carbonyl (C=O) groups is 2. The Morgan fingerprint density at radius 3 is 2.57 bits per heavy atom. The molecule has 1 aromatic carbocycles. The predicted octanol–water partition coefficient (Wildman–Crippen LogP) is 1.57. The van der Waals surface area contributed by atoms with Crippen LogP contribution in [0.5, 0.6) is 0 Å². The number of hydrogen-bond acceptors (Lipinski definition) is 2. The summed E-state index contributed by atoms with van der Waals surface area (Å²) in [5, 5.41) is 5.15. The van der Waals surface area contributed by atoms with Gasteiger partial charge in [-0.05, 0) is 24.0 Å². The molecule has 0 spiro atoms. The van der Waals surface area contributed by atoms with Crippen molar-refractivity contribution in [2.24, 2.45) is 11.7 Å². The minimum absolute atomic E-state index is 0.0361. The summed E-state index contributed by atoms with van der Waals surface area (Å²) in [7, 11) is 0. The molecule has 21 heavy (non-hydrogen) atoms. The third-order valence-corrected chi connectivity index (χ3v) is 3.44. The van der Waals surface area contributed by atoms with Crippen molar-refractivity contribution >= 4 is 11.9 Å². The van der Waals surface area contributed by atoms with Crippen LogP contribution in [0.15, 0.2) is 24.3 Å². The SMILES string of the molecule is CCC(C)C(NC(N)=O)C(=O)NCCc1ccccc1F. The average molecular weight is 295 g/mol. The largest absolute Gasteiger partial charge is 0.354 e. The lowest BCUT2D eigenvalue weighted by Crippen LogP contribution is -2.52. The Morgan fingerprint density at radius 1 is 1.33 bits per heavy atom. The molecule has 0 aliphatic rings. The quantitative estimate of drug-likeness (QED) is 0.713. The van der Waals surface area contributed by atoms with Crippen molar-refractivity contribution in [3.8, 4) is 0 Å². The van der Waals surface area contributed by atoms with Gasteiger partial charge in [0.2, 0.25) is 5.91 Å². The van der Waals surface area contributed by atoms with E-state index in [4.69, 9.17) is 5.73 Å². The molecule has 0 aromatic heterocycles. The fourth-order valence-corrected chi connectivity index (χ4v) is 1.99. The van der Waals surface area contributed by atoms with Crippen LogP contribution in [-0.4, -0.2) is 24.5 Å². The summed E-state index contributed by atoms with van der Waals surface area (Å²) in [5.41, 5.74) is 5.63. The van der Waals surface area contributed by atoms with Crippen molar-refractivity contribution in [2.75, 3.05) is 6.54 Å². The molecule has 1 rings (SSSR count). The Hall–Kier alpha value is -2.11. The van der Waals surface area contributed by atoms with E-state index in [1.807, 2.05) is 13.8 Å². The van der Waals surface area contributed by atoms with Gasteiger partial charge >= 0.3 is 6.03 Å². The first-order chi connectivity index (χ1) is 9.95. The molecule has 4 N–H and O–H groups in total. The Kier molecular flexibility index (Phi) is 6.65. The molecule has 3 amide bonds. The van der Waals surface area contributed by atoms with Crippen molar-refractivity contribution in [3.05, 3.63) is 35.6 Å². The molecule has 0 bridgehead atoms. The number of carbonyl (C=O) groups excluding carboxylic acids is 2. The molecule has 0 radical (unpaired) electrons. The predicted molar refractivity (Wildman–Crippen MR) is 79.1 cm³/mol. The molecule has 2 atom stereocenters. The van der Waals surface area contributed by atoms with Crippen LogP contribution in [-0.2, 0) is 11.2 Å². The van der Waals surface area contributed by atoms with Gasteiger partial charge in [-0.3, -0.25) is 4.79 Å². The summed E-state index contributed by atoms with van der Waals surface area (Å²) < 4.78 is 13.4. The van der Waals surface area contributed by atoms with Gasteiger partial charge in [-0.2, -0.15) is 0 Å². The standard InChI is InChI=1S/C15H22FN3O2/c1-3-10(2)13(19-15(17)21)14(20)18-9-8-11-6-4-5-7-12(11)16/h4-7,10,13H,3,8-9H2,1-2H3,(H,18,20)(H3,17,19,21). The lowest BCUT2D eigenvalue weighted by atomic mass is 9.98. The van der Waals surface area contributed by atoms with Gasteiger partial charge in [0.25, 0.3) is 0 Å². The number of halogens is 1. The molecule has 0 saturated heterocycles. The molecule has 0 fully saturated rings. The Labute approximate surface area is 124 Å². The topological polar surface area (TPSA) is 84.2 Å². The van der Waals surface area contributed by atoms with E-state index in [9.17, 15) is 14.0 Å². The van der Waals surface area contributed by atoms with Crippen LogP contribution in [0.25, 0.3) is 0 Å². The molecule has 6 heteroatoms. The van der Waals surface area contributed by atoms with Gasteiger partial charge in [-0.25, -0.2) is 9.18 Å². The van der Waals surface area contributed by atoms with Crippen molar-refractivity contribution < 1.29 is 14.0 Å². The second-order valence-electron chi connectivity index (χ2n) is 5.00. The second-order valence-corrected chi connectivity index (χ2v) is 5.00. The van der Waals surface area contributed by atoms with E-state index >= 15 is 0 Å². The van der Waals surface area contributed by atoms with E-state index in [2.05, 4.69) is 10.6 Å². The van der Waals surface area contributed by atoms with Crippen LogP contribution in [0.3, 0.4) is 0 Å². The summed E-state index contributed by atoms with van der Waals surface area (Å²) in [4.78, 5) is 23.0. The molecule has 0 aliphatic carbocycles. The molecule has 0 saturated carbocycles. The van der Waals surface area contributed by atoms with Crippen molar-refractivity contribution in [1.29, 1.82) is 0 Å². The first-order valence-corrected chi connectivity index (χ1v) is 7.02. The van der Waals surface area contributed by atoms with E-state index in [1.54, 1.807) is 18.2 Å². The number of amides is 3. The van der Waals surface area contributed by atoms with Crippen molar-refractivity contribution in [3.63, 3.8) is 0 Å². The normalized spacial score (nSPS) is 13.3. The third-order valence-electron chi connectivity index (χ3n) is 3.44. The maximum Gasteiger partial charge on any atom is 0.312 e. The van der Waals surface area contributed by atoms with Crippen LogP contribution in [0, 0.1) is 11.7 Å². The van der Waals surface area contributed by atoms with E-state index in [0.717, 1.165) is 6.42 Å². The first-order valence-electron chi connectivity index (χ1n) is 7.02. The monoisotopic (exact) mass is 295 g/mol. The zero-order valence-corrected chi connectivity index (χ0v) is 12.4. The Balaban J connectivity index is 2.54. The van der Waals surface area contributed by atoms with Crippen LogP contribution in [0.1, 0.15) is 25.8 Å². The highest BCUT2D eigenvalue weighted by Gasteiger charge is 2.24. The molecular weight excluding hydrogens is 273 g/mol. The fraction of sp³-hybridized carbons (Fsp3) is 0.467. The summed E-state index contributed by atoms with van der Waals surface area (Å²) in [6.07, 6.45) is 1.12. The van der Waals surface area contributed by atoms with Gasteiger partial charge in [0.15, 0.2) is 0 Å². The van der Waals surface area contributed by atoms with Crippen molar-refractivity contribution in [2.45, 2.75) is 32.7 Å². The maximum absolute atomic E-state index is 13.4. The number of nitrogens with two attached hydrogens (primary N) is 1. The maximum atomic E-state index is 13.4. The first kappa shape index (κ1) is 16.9. The molecule has 2 unspecified atom stereocenters. The summed E-state index contributed by atoms with van der Waals surface area (Å²) in [6, 6.07) is 5.02. The van der Waals surface area contributed by atoms with Crippen molar-refractivity contribution in [1.82, 2.24) is 10.6 Å². The zero-order valence-electron chi connectivity index (χ0n) is 12.4. The van der Waals surface area contributed by atoms with Gasteiger partial charge < -0.3 is 16.4 Å². The zero-order chi connectivity index (χ0) is 15.8. The number of hydrogen-bond donors (Lipinski definition) is 3. The van der Waals surface area contributed by atoms with E-state index in [-0.39, 0.29) is 17.6 Å². The molecule has 116 valence electrons. The number of rotatable bonds is 7. The minimum atomic E-state index is -0.732. The molecule has 1 aromatic rings. The molecule has 5 nitrogen and oxygen atoms in total. The van der Waals surface area contributed by atoms with E-state index in [1.165, 1.54) is 6.07 Å². The van der Waals surface area contributed by atoms with Gasteiger partial charge in [0.1, 0.15) is 11.9 Å². The lowest BCUT2D eigenvalue weighted by Gasteiger charge is -2.22. The second kappa shape index (κ2) is 8.24. The highest BCUT2D eigenvalue weighted by atomic mass is 19.1. The fourth-order valence-electron chi connectivity index (χ4n) is 1.99. The number of benzene rings is 1. The summed E-state index contributed by atoms with van der Waals surface area (Å²) in [6.45, 7) is 4.08. The average Bonchev–Trinajstić information content (AvgIpc) is 2.45. The lowest BCUT2D eigenvalue weighted by molar-refractivity contribution is -0.124. The van der Waals surface area contributed by atoms with Gasteiger partial charge in [-0.15, -0.1) is 0 Å². The van der Waals surface area contributed by atoms with Gasteiger partial charge in [0.05, 0.1) is 0 Å². The van der Waals surface area contributed by atoms with Crippen LogP contribution in [0.2, 0.25) is 0 Å². The number of primary amides is 1.